The lowest BCUT2D eigenvalue weighted by Crippen LogP contribution is -2.50. The fraction of sp³-hybridized carbons (Fsp3) is 0.429. The number of ether oxygens (including phenoxy) is 1. The van der Waals surface area contributed by atoms with E-state index in [1.54, 1.807) is 13.1 Å². The number of benzene rings is 1. The van der Waals surface area contributed by atoms with Crippen LogP contribution in [0.5, 0.6) is 0 Å². The van der Waals surface area contributed by atoms with Gasteiger partial charge in [-0.25, -0.2) is 5.06 Å². The maximum atomic E-state index is 12.0. The van der Waals surface area contributed by atoms with E-state index in [9.17, 15) is 9.59 Å². The number of nitrogens with one attached hydrogen (secondary N) is 1. The monoisotopic (exact) mass is 278 g/mol. The molecule has 2 rings (SSSR count). The zero-order valence-electron chi connectivity index (χ0n) is 11.6. The van der Waals surface area contributed by atoms with Gasteiger partial charge in [-0.2, -0.15) is 0 Å². The van der Waals surface area contributed by atoms with Crippen LogP contribution in [-0.4, -0.2) is 44.8 Å². The normalized spacial score (nSPS) is 16.1. The lowest BCUT2D eigenvalue weighted by Gasteiger charge is -2.42. The second kappa shape index (κ2) is 6.02. The number of carbonyl (C=O) groups is 2. The van der Waals surface area contributed by atoms with Gasteiger partial charge in [0, 0.05) is 19.2 Å². The van der Waals surface area contributed by atoms with Gasteiger partial charge in [-0.05, 0) is 17.7 Å². The number of rotatable bonds is 6. The third kappa shape index (κ3) is 2.81. The Morgan fingerprint density at radius 2 is 2.30 bits per heavy atom. The molecule has 1 aromatic carbocycles. The van der Waals surface area contributed by atoms with Crippen molar-refractivity contribution in [3.63, 3.8) is 0 Å². The van der Waals surface area contributed by atoms with Crippen molar-refractivity contribution in [1.29, 1.82) is 0 Å². The summed E-state index contributed by atoms with van der Waals surface area (Å²) in [6.07, 6.45) is 0.939. The number of hydrogen-bond acceptors (Lipinski definition) is 4. The minimum atomic E-state index is -0.343. The summed E-state index contributed by atoms with van der Waals surface area (Å²) < 4.78 is 5.31. The van der Waals surface area contributed by atoms with Gasteiger partial charge in [0.05, 0.1) is 25.7 Å². The Hall–Kier alpha value is -1.92. The van der Waals surface area contributed by atoms with Crippen LogP contribution in [0.25, 0.3) is 0 Å². The first-order chi connectivity index (χ1) is 9.61. The van der Waals surface area contributed by atoms with Crippen molar-refractivity contribution < 1.29 is 19.2 Å². The Balaban J connectivity index is 2.20. The zero-order valence-corrected chi connectivity index (χ0v) is 11.6. The standard InChI is InChI=1S/C14H18N2O4/c1-16(19-2)13(18)7-14(8-20-9-14)11-4-3-5-12(6-11)15-10-17/h3-6,10H,7-9H2,1-2H3,(H,15,17). The van der Waals surface area contributed by atoms with Gasteiger partial charge in [-0.1, -0.05) is 12.1 Å². The summed E-state index contributed by atoms with van der Waals surface area (Å²) in [5.74, 6) is -0.107. The van der Waals surface area contributed by atoms with E-state index < -0.39 is 0 Å². The third-order valence-corrected chi connectivity index (χ3v) is 3.57. The second-order valence-corrected chi connectivity index (χ2v) is 4.87. The highest BCUT2D eigenvalue weighted by Crippen LogP contribution is 2.37. The van der Waals surface area contributed by atoms with E-state index >= 15 is 0 Å². The first-order valence-electron chi connectivity index (χ1n) is 6.30. The lowest BCUT2D eigenvalue weighted by molar-refractivity contribution is -0.175. The molecule has 6 nitrogen and oxygen atoms in total. The molecular formula is C14H18N2O4. The molecular weight excluding hydrogens is 260 g/mol. The van der Waals surface area contributed by atoms with Crippen LogP contribution in [-0.2, 0) is 24.6 Å². The van der Waals surface area contributed by atoms with E-state index in [1.807, 2.05) is 18.2 Å². The summed E-state index contributed by atoms with van der Waals surface area (Å²) in [6, 6.07) is 7.47. The number of carbonyl (C=O) groups excluding carboxylic acids is 2. The van der Waals surface area contributed by atoms with E-state index in [-0.39, 0.29) is 11.3 Å². The van der Waals surface area contributed by atoms with Gasteiger partial charge in [0.2, 0.25) is 12.3 Å². The molecule has 0 radical (unpaired) electrons. The molecule has 20 heavy (non-hydrogen) atoms. The van der Waals surface area contributed by atoms with Gasteiger partial charge in [0.15, 0.2) is 0 Å². The lowest BCUT2D eigenvalue weighted by atomic mass is 9.75. The molecule has 1 saturated heterocycles. The van der Waals surface area contributed by atoms with Crippen LogP contribution in [0.1, 0.15) is 12.0 Å². The summed E-state index contributed by atoms with van der Waals surface area (Å²) in [6.45, 7) is 0.974. The van der Waals surface area contributed by atoms with E-state index in [4.69, 9.17) is 9.57 Å². The smallest absolute Gasteiger partial charge is 0.246 e. The molecule has 6 heteroatoms. The van der Waals surface area contributed by atoms with Crippen molar-refractivity contribution in [1.82, 2.24) is 5.06 Å². The number of hydrogen-bond donors (Lipinski definition) is 1. The SMILES string of the molecule is CON(C)C(=O)CC1(c2cccc(NC=O)c2)COC1. The third-order valence-electron chi connectivity index (χ3n) is 3.57. The molecule has 0 bridgehead atoms. The fourth-order valence-corrected chi connectivity index (χ4v) is 2.23. The molecule has 0 spiro atoms. The van der Waals surface area contributed by atoms with Crippen LogP contribution in [0.4, 0.5) is 5.69 Å². The fourth-order valence-electron chi connectivity index (χ4n) is 2.23. The van der Waals surface area contributed by atoms with Gasteiger partial charge < -0.3 is 10.1 Å². The van der Waals surface area contributed by atoms with Crippen LogP contribution in [0.15, 0.2) is 24.3 Å². The highest BCUT2D eigenvalue weighted by atomic mass is 16.7. The number of amides is 2. The summed E-state index contributed by atoms with van der Waals surface area (Å²) in [4.78, 5) is 27.5. The number of anilines is 1. The summed E-state index contributed by atoms with van der Waals surface area (Å²) in [5, 5.41) is 3.83. The first-order valence-corrected chi connectivity index (χ1v) is 6.30. The summed E-state index contributed by atoms with van der Waals surface area (Å²) >= 11 is 0. The quantitative estimate of drug-likeness (QED) is 0.621. The van der Waals surface area contributed by atoms with E-state index in [0.29, 0.717) is 31.7 Å². The van der Waals surface area contributed by atoms with E-state index in [0.717, 1.165) is 5.56 Å². The number of nitrogens with zero attached hydrogens (tertiary/aromatic N) is 1. The Labute approximate surface area is 117 Å². The maximum absolute atomic E-state index is 12.0. The average Bonchev–Trinajstić information content (AvgIpc) is 2.42. The molecule has 0 saturated carbocycles. The van der Waals surface area contributed by atoms with Crippen molar-refractivity contribution >= 4 is 18.0 Å². The van der Waals surface area contributed by atoms with Crippen LogP contribution in [0.2, 0.25) is 0 Å². The van der Waals surface area contributed by atoms with Gasteiger partial charge in [-0.3, -0.25) is 14.4 Å². The van der Waals surface area contributed by atoms with Crippen molar-refractivity contribution in [3.05, 3.63) is 29.8 Å². The molecule has 1 aliphatic heterocycles. The van der Waals surface area contributed by atoms with Gasteiger partial charge in [0.25, 0.3) is 0 Å². The Morgan fingerprint density at radius 1 is 1.55 bits per heavy atom. The topological polar surface area (TPSA) is 67.9 Å². The molecule has 1 heterocycles. The van der Waals surface area contributed by atoms with Crippen LogP contribution in [0, 0.1) is 0 Å². The molecule has 2 amide bonds. The molecule has 0 aliphatic carbocycles. The molecule has 1 aliphatic rings. The van der Waals surface area contributed by atoms with Crippen molar-refractivity contribution in [3.8, 4) is 0 Å². The molecule has 0 aromatic heterocycles. The summed E-state index contributed by atoms with van der Waals surface area (Å²) in [5.41, 5.74) is 1.34. The maximum Gasteiger partial charge on any atom is 0.246 e. The molecule has 0 atom stereocenters. The molecule has 1 N–H and O–H groups in total. The van der Waals surface area contributed by atoms with E-state index in [2.05, 4.69) is 5.32 Å². The minimum absolute atomic E-state index is 0.107. The molecule has 108 valence electrons. The second-order valence-electron chi connectivity index (χ2n) is 4.87. The molecule has 1 aromatic rings. The first kappa shape index (κ1) is 14.5. The minimum Gasteiger partial charge on any atom is -0.379 e. The molecule has 0 unspecified atom stereocenters. The largest absolute Gasteiger partial charge is 0.379 e. The summed E-state index contributed by atoms with van der Waals surface area (Å²) in [7, 11) is 3.04. The Morgan fingerprint density at radius 3 is 2.85 bits per heavy atom. The van der Waals surface area contributed by atoms with Crippen LogP contribution in [0.3, 0.4) is 0 Å². The van der Waals surface area contributed by atoms with Gasteiger partial charge in [0.1, 0.15) is 0 Å². The zero-order chi connectivity index (χ0) is 14.6. The van der Waals surface area contributed by atoms with Crippen molar-refractivity contribution in [2.45, 2.75) is 11.8 Å². The Bertz CT molecular complexity index is 500. The highest BCUT2D eigenvalue weighted by molar-refractivity contribution is 5.77. The predicted molar refractivity (Wildman–Crippen MR) is 73.0 cm³/mol. The highest BCUT2D eigenvalue weighted by Gasteiger charge is 2.43. The Kier molecular flexibility index (Phi) is 4.36. The molecule has 1 fully saturated rings. The average molecular weight is 278 g/mol. The van der Waals surface area contributed by atoms with Gasteiger partial charge in [-0.15, -0.1) is 0 Å². The predicted octanol–water partition coefficient (Wildman–Crippen LogP) is 0.933. The van der Waals surface area contributed by atoms with Crippen LogP contribution >= 0.6 is 0 Å². The van der Waals surface area contributed by atoms with Crippen LogP contribution < -0.4 is 5.32 Å². The van der Waals surface area contributed by atoms with E-state index in [1.165, 1.54) is 12.2 Å². The van der Waals surface area contributed by atoms with Crippen molar-refractivity contribution in [2.75, 3.05) is 32.7 Å². The van der Waals surface area contributed by atoms with Crippen molar-refractivity contribution in [2.24, 2.45) is 0 Å². The van der Waals surface area contributed by atoms with Gasteiger partial charge >= 0.3 is 0 Å². The number of hydroxylamine groups is 2.